The van der Waals surface area contributed by atoms with Crippen molar-refractivity contribution in [1.29, 1.82) is 0 Å². The van der Waals surface area contributed by atoms with E-state index in [1.807, 2.05) is 12.1 Å². The van der Waals surface area contributed by atoms with Crippen molar-refractivity contribution in [3.05, 3.63) is 34.9 Å². The van der Waals surface area contributed by atoms with E-state index in [9.17, 15) is 0 Å². The number of hydrogen-bond acceptors (Lipinski definition) is 2. The molecule has 1 aromatic rings. The number of ether oxygens (including phenoxy) is 1. The van der Waals surface area contributed by atoms with Gasteiger partial charge in [0.1, 0.15) is 0 Å². The molecular formula is C18H28ClNO. The molecule has 0 aromatic heterocycles. The van der Waals surface area contributed by atoms with Crippen LogP contribution in [0, 0.1) is 5.92 Å². The third kappa shape index (κ3) is 5.61. The lowest BCUT2D eigenvalue weighted by Crippen LogP contribution is -2.32. The highest BCUT2D eigenvalue weighted by Gasteiger charge is 2.23. The van der Waals surface area contributed by atoms with E-state index >= 15 is 0 Å². The van der Waals surface area contributed by atoms with Gasteiger partial charge in [-0.05, 0) is 36.5 Å². The van der Waals surface area contributed by atoms with Gasteiger partial charge < -0.3 is 10.1 Å². The summed E-state index contributed by atoms with van der Waals surface area (Å²) in [5.74, 6) is 0.785. The molecule has 1 fully saturated rings. The third-order valence-electron chi connectivity index (χ3n) is 4.20. The first kappa shape index (κ1) is 16.8. The topological polar surface area (TPSA) is 21.3 Å². The molecule has 0 spiro atoms. The Kier molecular flexibility index (Phi) is 6.53. The first-order chi connectivity index (χ1) is 10.0. The van der Waals surface area contributed by atoms with Crippen molar-refractivity contribution in [3.63, 3.8) is 0 Å². The van der Waals surface area contributed by atoms with Gasteiger partial charge in [0.25, 0.3) is 0 Å². The average molecular weight is 310 g/mol. The molecular weight excluding hydrogens is 282 g/mol. The van der Waals surface area contributed by atoms with Gasteiger partial charge in [0.15, 0.2) is 0 Å². The highest BCUT2D eigenvalue weighted by molar-refractivity contribution is 6.30. The Hall–Kier alpha value is -0.570. The lowest BCUT2D eigenvalue weighted by Gasteiger charge is -2.31. The normalized spacial score (nSPS) is 24.2. The molecule has 0 radical (unpaired) electrons. The van der Waals surface area contributed by atoms with Crippen molar-refractivity contribution >= 4 is 11.6 Å². The van der Waals surface area contributed by atoms with Crippen molar-refractivity contribution in [3.8, 4) is 0 Å². The van der Waals surface area contributed by atoms with Gasteiger partial charge in [0, 0.05) is 17.6 Å². The minimum atomic E-state index is 0.111. The zero-order valence-electron chi connectivity index (χ0n) is 13.4. The molecule has 1 aliphatic rings. The molecule has 0 bridgehead atoms. The molecule has 3 unspecified atom stereocenters. The molecule has 0 heterocycles. The number of rotatable bonds is 6. The fraction of sp³-hybridized carbons (Fsp3) is 0.667. The lowest BCUT2D eigenvalue weighted by atomic mass is 9.88. The van der Waals surface area contributed by atoms with Crippen molar-refractivity contribution in [2.45, 2.75) is 64.7 Å². The molecule has 1 aromatic carbocycles. The van der Waals surface area contributed by atoms with E-state index in [1.165, 1.54) is 31.2 Å². The van der Waals surface area contributed by atoms with E-state index in [1.54, 1.807) is 0 Å². The van der Waals surface area contributed by atoms with Crippen LogP contribution in [0.25, 0.3) is 0 Å². The Morgan fingerprint density at radius 3 is 2.57 bits per heavy atom. The molecule has 0 amide bonds. The monoisotopic (exact) mass is 309 g/mol. The fourth-order valence-corrected chi connectivity index (χ4v) is 3.13. The van der Waals surface area contributed by atoms with Crippen LogP contribution in [0.15, 0.2) is 24.3 Å². The molecule has 118 valence electrons. The van der Waals surface area contributed by atoms with Crippen LogP contribution in [0.4, 0.5) is 0 Å². The van der Waals surface area contributed by atoms with Crippen molar-refractivity contribution < 1.29 is 4.74 Å². The molecule has 1 aliphatic carbocycles. The van der Waals surface area contributed by atoms with Gasteiger partial charge in [-0.1, -0.05) is 57.3 Å². The van der Waals surface area contributed by atoms with Gasteiger partial charge in [-0.3, -0.25) is 0 Å². The largest absolute Gasteiger partial charge is 0.369 e. The SMILES string of the molecule is CC1CCCC(OC(CNC(C)C)c2ccc(Cl)cc2)C1. The Morgan fingerprint density at radius 2 is 1.95 bits per heavy atom. The standard InChI is InChI=1S/C18H28ClNO/c1-13(2)20-12-18(15-7-9-16(19)10-8-15)21-17-6-4-5-14(3)11-17/h7-10,13-14,17-18,20H,4-6,11-12H2,1-3H3. The number of halogens is 1. The van der Waals surface area contributed by atoms with E-state index < -0.39 is 0 Å². The smallest absolute Gasteiger partial charge is 0.0953 e. The van der Waals surface area contributed by atoms with Crippen molar-refractivity contribution in [2.75, 3.05) is 6.54 Å². The summed E-state index contributed by atoms with van der Waals surface area (Å²) < 4.78 is 6.43. The van der Waals surface area contributed by atoms with Crippen LogP contribution in [0.3, 0.4) is 0 Å². The molecule has 0 aliphatic heterocycles. The summed E-state index contributed by atoms with van der Waals surface area (Å²) in [6.45, 7) is 7.52. The third-order valence-corrected chi connectivity index (χ3v) is 4.45. The number of nitrogens with one attached hydrogen (secondary N) is 1. The quantitative estimate of drug-likeness (QED) is 0.800. The maximum absolute atomic E-state index is 6.43. The summed E-state index contributed by atoms with van der Waals surface area (Å²) >= 11 is 6.00. The summed E-state index contributed by atoms with van der Waals surface area (Å²) in [6.07, 6.45) is 5.51. The minimum Gasteiger partial charge on any atom is -0.369 e. The Balaban J connectivity index is 2.02. The second-order valence-corrected chi connectivity index (χ2v) is 7.07. The molecule has 0 saturated heterocycles. The van der Waals surface area contributed by atoms with Crippen LogP contribution >= 0.6 is 11.6 Å². The second kappa shape index (κ2) is 8.17. The zero-order chi connectivity index (χ0) is 15.2. The molecule has 1 N–H and O–H groups in total. The molecule has 3 heteroatoms. The van der Waals surface area contributed by atoms with Crippen LogP contribution in [-0.4, -0.2) is 18.7 Å². The van der Waals surface area contributed by atoms with E-state index in [0.717, 1.165) is 17.5 Å². The Bertz CT molecular complexity index is 418. The highest BCUT2D eigenvalue weighted by atomic mass is 35.5. The molecule has 21 heavy (non-hydrogen) atoms. The minimum absolute atomic E-state index is 0.111. The van der Waals surface area contributed by atoms with Gasteiger partial charge in [-0.15, -0.1) is 0 Å². The first-order valence-corrected chi connectivity index (χ1v) is 8.56. The predicted molar refractivity (Wildman–Crippen MR) is 89.8 cm³/mol. The van der Waals surface area contributed by atoms with Gasteiger partial charge >= 0.3 is 0 Å². The summed E-state index contributed by atoms with van der Waals surface area (Å²) in [4.78, 5) is 0. The van der Waals surface area contributed by atoms with E-state index in [2.05, 4.69) is 38.2 Å². The molecule has 3 atom stereocenters. The lowest BCUT2D eigenvalue weighted by molar-refractivity contribution is -0.0401. The van der Waals surface area contributed by atoms with Crippen molar-refractivity contribution in [1.82, 2.24) is 5.32 Å². The highest BCUT2D eigenvalue weighted by Crippen LogP contribution is 2.30. The number of benzene rings is 1. The maximum Gasteiger partial charge on any atom is 0.0953 e. The van der Waals surface area contributed by atoms with E-state index in [0.29, 0.717) is 12.1 Å². The van der Waals surface area contributed by atoms with E-state index in [-0.39, 0.29) is 6.10 Å². The van der Waals surface area contributed by atoms with Gasteiger partial charge in [0.2, 0.25) is 0 Å². The van der Waals surface area contributed by atoms with Crippen LogP contribution < -0.4 is 5.32 Å². The second-order valence-electron chi connectivity index (χ2n) is 6.63. The predicted octanol–water partition coefficient (Wildman–Crippen LogP) is 4.97. The summed E-state index contributed by atoms with van der Waals surface area (Å²) in [7, 11) is 0. The number of hydrogen-bond donors (Lipinski definition) is 1. The van der Waals surface area contributed by atoms with Crippen molar-refractivity contribution in [2.24, 2.45) is 5.92 Å². The molecule has 2 rings (SSSR count). The van der Waals surface area contributed by atoms with Crippen LogP contribution in [-0.2, 0) is 4.74 Å². The van der Waals surface area contributed by atoms with Gasteiger partial charge in [-0.2, -0.15) is 0 Å². The summed E-state index contributed by atoms with van der Waals surface area (Å²) in [5, 5.41) is 4.28. The fourth-order valence-electron chi connectivity index (χ4n) is 3.00. The van der Waals surface area contributed by atoms with Crippen LogP contribution in [0.5, 0.6) is 0 Å². The van der Waals surface area contributed by atoms with Crippen LogP contribution in [0.1, 0.15) is 58.1 Å². The van der Waals surface area contributed by atoms with Gasteiger partial charge in [-0.25, -0.2) is 0 Å². The molecule has 1 saturated carbocycles. The average Bonchev–Trinajstić information content (AvgIpc) is 2.44. The maximum atomic E-state index is 6.43. The Morgan fingerprint density at radius 1 is 1.24 bits per heavy atom. The van der Waals surface area contributed by atoms with E-state index in [4.69, 9.17) is 16.3 Å². The zero-order valence-corrected chi connectivity index (χ0v) is 14.2. The summed E-state index contributed by atoms with van der Waals surface area (Å²) in [6, 6.07) is 8.54. The molecule has 2 nitrogen and oxygen atoms in total. The first-order valence-electron chi connectivity index (χ1n) is 8.19. The summed E-state index contributed by atoms with van der Waals surface area (Å²) in [5.41, 5.74) is 1.21. The van der Waals surface area contributed by atoms with Gasteiger partial charge in [0.05, 0.1) is 12.2 Å². The Labute approximate surface area is 134 Å². The van der Waals surface area contributed by atoms with Crippen LogP contribution in [0.2, 0.25) is 5.02 Å².